The number of anilines is 2. The van der Waals surface area contributed by atoms with Gasteiger partial charge in [-0.1, -0.05) is 6.07 Å². The molecule has 3 aromatic rings. The molecule has 0 spiro atoms. The molecule has 38 heavy (non-hydrogen) atoms. The van der Waals surface area contributed by atoms with Crippen LogP contribution in [-0.2, 0) is 15.6 Å². The van der Waals surface area contributed by atoms with E-state index in [0.717, 1.165) is 17.8 Å². The van der Waals surface area contributed by atoms with Gasteiger partial charge in [-0.3, -0.25) is 0 Å². The van der Waals surface area contributed by atoms with E-state index in [0.29, 0.717) is 28.5 Å². The van der Waals surface area contributed by atoms with Gasteiger partial charge in [-0.2, -0.15) is 0 Å². The van der Waals surface area contributed by atoms with Crippen molar-refractivity contribution < 1.29 is 25.5 Å². The van der Waals surface area contributed by atoms with Crippen molar-refractivity contribution in [3.63, 3.8) is 0 Å². The average molecular weight is 582 g/mol. The summed E-state index contributed by atoms with van der Waals surface area (Å²) in [6.45, 7) is 20.1. The van der Waals surface area contributed by atoms with Crippen molar-refractivity contribution in [2.75, 3.05) is 22.9 Å². The Morgan fingerprint density at radius 3 is 1.32 bits per heavy atom. The minimum Gasteiger partial charge on any atom is -0.477 e. The molecule has 1 saturated heterocycles. The number of carboxylic acid groups (broad SMARTS) is 1. The summed E-state index contributed by atoms with van der Waals surface area (Å²) in [5, 5.41) is 10.0. The monoisotopic (exact) mass is 581 g/mol. The number of benzene rings is 2. The van der Waals surface area contributed by atoms with E-state index < -0.39 is 5.97 Å². The summed E-state index contributed by atoms with van der Waals surface area (Å²) in [5.41, 5.74) is 8.23. The van der Waals surface area contributed by atoms with Gasteiger partial charge in [-0.15, -0.1) is 11.3 Å². The van der Waals surface area contributed by atoms with Crippen LogP contribution < -0.4 is 9.80 Å². The fourth-order valence-electron chi connectivity index (χ4n) is 4.95. The maximum Gasteiger partial charge on any atom is 0.345 e. The summed E-state index contributed by atoms with van der Waals surface area (Å²) < 4.78 is 0.924. The van der Waals surface area contributed by atoms with Gasteiger partial charge in [0.25, 0.3) is 0 Å². The molecule has 1 aliphatic heterocycles. The van der Waals surface area contributed by atoms with Crippen molar-refractivity contribution in [3.8, 4) is 0 Å². The van der Waals surface area contributed by atoms with Crippen LogP contribution in [0.1, 0.15) is 111 Å². The number of para-hydroxylation sites is 2. The van der Waals surface area contributed by atoms with Gasteiger partial charge in [0.15, 0.2) is 0 Å². The molecule has 4 rings (SSSR count). The Kier molecular flexibility index (Phi) is 10.4. The quantitative estimate of drug-likeness (QED) is 0.284. The molecule has 0 amide bonds. The smallest absolute Gasteiger partial charge is 0.345 e. The Hall–Kier alpha value is -2.40. The van der Waals surface area contributed by atoms with Crippen LogP contribution in [0.4, 0.5) is 11.4 Å². The number of carboxylic acids is 1. The van der Waals surface area contributed by atoms with Crippen LogP contribution in [0.2, 0.25) is 0 Å². The number of thiophene rings is 1. The topological polar surface area (TPSA) is 43.8 Å². The fraction of sp³-hybridized carbons (Fsp3) is 0.438. The molecule has 2 aromatic carbocycles. The number of rotatable bonds is 7. The maximum atomic E-state index is 10.1. The molecule has 0 saturated carbocycles. The minimum absolute atomic E-state index is 0.394. The fourth-order valence-corrected chi connectivity index (χ4v) is 5.93. The molecular formula is C32H42CuN2O2S. The molecule has 1 aromatic heterocycles. The van der Waals surface area contributed by atoms with Crippen LogP contribution in [0.25, 0.3) is 0 Å². The Morgan fingerprint density at radius 1 is 0.711 bits per heavy atom. The van der Waals surface area contributed by atoms with Gasteiger partial charge in [-0.05, 0) is 11.4 Å². The first-order chi connectivity index (χ1) is 18.0. The molecule has 4 nitrogen and oxygen atoms in total. The third-order valence-electron chi connectivity index (χ3n) is 6.91. The molecule has 6 heteroatoms. The maximum absolute atomic E-state index is 10.1. The third-order valence-corrected chi connectivity index (χ3v) is 8.27. The zero-order valence-corrected chi connectivity index (χ0v) is 25.6. The van der Waals surface area contributed by atoms with Crippen LogP contribution in [0.3, 0.4) is 0 Å². The largest absolute Gasteiger partial charge is 0.477 e. The first kappa shape index (κ1) is 30.1. The molecule has 1 aliphatic rings. The van der Waals surface area contributed by atoms with Gasteiger partial charge in [0, 0.05) is 0 Å². The van der Waals surface area contributed by atoms with E-state index in [2.05, 4.69) is 102 Å². The first-order valence-electron chi connectivity index (χ1n) is 13.5. The molecule has 0 aliphatic carbocycles. The molecule has 0 bridgehead atoms. The molecule has 1 fully saturated rings. The van der Waals surface area contributed by atoms with E-state index in [1.54, 1.807) is 17.5 Å². The normalized spacial score (nSPS) is 13.7. The first-order valence-corrected chi connectivity index (χ1v) is 14.9. The van der Waals surface area contributed by atoms with E-state index >= 15 is 0 Å². The Balaban J connectivity index is 0.000000427. The number of carbonyl (C=O) groups is 1. The second kappa shape index (κ2) is 13.1. The molecular weight excluding hydrogens is 540 g/mol. The van der Waals surface area contributed by atoms with Crippen LogP contribution in [0.5, 0.6) is 0 Å². The summed E-state index contributed by atoms with van der Waals surface area (Å²) in [6.07, 6.45) is 0. The Labute approximate surface area is 241 Å². The number of hydrogen-bond acceptors (Lipinski definition) is 4. The zero-order chi connectivity index (χ0) is 28.1. The Bertz CT molecular complexity index is 1120. The van der Waals surface area contributed by atoms with Gasteiger partial charge < -0.3 is 5.11 Å². The van der Waals surface area contributed by atoms with E-state index in [-0.39, 0.29) is 0 Å². The van der Waals surface area contributed by atoms with Crippen LogP contribution in [0, 0.1) is 0 Å². The van der Waals surface area contributed by atoms with Crippen molar-refractivity contribution in [1.82, 2.24) is 0 Å². The van der Waals surface area contributed by atoms with E-state index in [1.807, 2.05) is 0 Å². The molecule has 209 valence electrons. The summed E-state index contributed by atoms with van der Waals surface area (Å²) in [4.78, 5) is 15.3. The second-order valence-electron chi connectivity index (χ2n) is 11.0. The van der Waals surface area contributed by atoms with Gasteiger partial charge in [0.2, 0.25) is 0 Å². The molecule has 0 unspecified atom stereocenters. The Morgan fingerprint density at radius 2 is 1.08 bits per heavy atom. The number of aromatic carboxylic acids is 1. The van der Waals surface area contributed by atoms with Crippen LogP contribution in [-0.4, -0.2) is 28.8 Å². The summed E-state index contributed by atoms with van der Waals surface area (Å²) in [5.74, 6) is 0.994. The van der Waals surface area contributed by atoms with Gasteiger partial charge in [0.05, 0.1) is 0 Å². The van der Waals surface area contributed by atoms with Crippen molar-refractivity contribution in [1.29, 1.82) is 0 Å². The molecule has 0 atom stereocenters. The summed E-state index contributed by atoms with van der Waals surface area (Å²) in [6, 6.07) is 16.8. The predicted molar refractivity (Wildman–Crippen MR) is 160 cm³/mol. The number of nitrogens with zero attached hydrogens (tertiary/aromatic N) is 2. The average Bonchev–Trinajstić information content (AvgIpc) is 3.53. The zero-order valence-electron chi connectivity index (χ0n) is 23.9. The van der Waals surface area contributed by atoms with Gasteiger partial charge in [-0.25, -0.2) is 4.79 Å². The number of hydrogen-bond donors (Lipinski definition) is 1. The van der Waals surface area contributed by atoms with Crippen molar-refractivity contribution in [2.24, 2.45) is 0 Å². The minimum atomic E-state index is -0.847. The predicted octanol–water partition coefficient (Wildman–Crippen LogP) is 8.59. The summed E-state index contributed by atoms with van der Waals surface area (Å²) >= 11 is 7.59. The van der Waals surface area contributed by atoms with Crippen LogP contribution in [0.15, 0.2) is 53.9 Å². The van der Waals surface area contributed by atoms with Gasteiger partial charge in [0.1, 0.15) is 4.88 Å². The van der Waals surface area contributed by atoms with E-state index in [1.165, 1.54) is 45.0 Å². The molecule has 2 heterocycles. The molecule has 0 radical (unpaired) electrons. The van der Waals surface area contributed by atoms with Gasteiger partial charge >= 0.3 is 198 Å². The second-order valence-corrected chi connectivity index (χ2v) is 12.4. The van der Waals surface area contributed by atoms with Crippen molar-refractivity contribution in [3.05, 3.63) is 81.0 Å². The standard InChI is InChI=1S/C27H38N2.C5H4O2S.Cu/c1-18(2)22-11-9-12-23(19(3)4)26(22)28-15-16-29(17-28)27-24(20(5)6)13-10-14-25(27)21(7)8;6-5(7)4-2-1-3-8-4;/h9-14,18-21H,15-16H2,1-8H3;1-3H,(H,6,7);. The summed E-state index contributed by atoms with van der Waals surface area (Å²) in [7, 11) is 0. The molecule has 1 N–H and O–H groups in total. The van der Waals surface area contributed by atoms with Crippen molar-refractivity contribution >= 4 is 33.3 Å². The third kappa shape index (κ3) is 6.59. The van der Waals surface area contributed by atoms with Crippen molar-refractivity contribution in [2.45, 2.75) is 79.1 Å². The SMILES string of the molecule is CC(C)c1cccc(C(C)C)c1N1CCN(c2c(C(C)C)cccc2C(C)C)[C]1=[Cu].O=C(O)c1cccs1. The van der Waals surface area contributed by atoms with Crippen LogP contribution >= 0.6 is 11.3 Å². The van der Waals surface area contributed by atoms with E-state index in [4.69, 9.17) is 20.7 Å². The van der Waals surface area contributed by atoms with E-state index in [9.17, 15) is 4.79 Å².